The second-order valence-electron chi connectivity index (χ2n) is 20.4. The van der Waals surface area contributed by atoms with Crippen LogP contribution in [0.15, 0.2) is 32.8 Å². The third-order valence-corrected chi connectivity index (χ3v) is 18.5. The molecule has 5 aliphatic rings. The second kappa shape index (κ2) is 28.8. The van der Waals surface area contributed by atoms with Gasteiger partial charge in [-0.05, 0) is 94.9 Å². The largest absolute Gasteiger partial charge is 0.481 e. The van der Waals surface area contributed by atoms with Crippen LogP contribution >= 0.6 is 43.5 Å². The van der Waals surface area contributed by atoms with Crippen LogP contribution in [0.1, 0.15) is 92.4 Å². The number of ether oxygens (including phenoxy) is 6. The van der Waals surface area contributed by atoms with Gasteiger partial charge in [0.05, 0.1) is 63.8 Å². The minimum atomic E-state index is -1.72. The summed E-state index contributed by atoms with van der Waals surface area (Å²) >= 11 is 13.7. The lowest BCUT2D eigenvalue weighted by molar-refractivity contribution is -0.203. The lowest BCUT2D eigenvalue weighted by Crippen LogP contribution is -2.69. The Labute approximate surface area is 474 Å². The molecule has 4 aliphatic carbocycles. The Hall–Kier alpha value is -4.47. The van der Waals surface area contributed by atoms with Crippen LogP contribution in [-0.4, -0.2) is 182 Å². The maximum Gasteiger partial charge on any atom is 0.306 e. The van der Waals surface area contributed by atoms with Gasteiger partial charge in [-0.15, -0.1) is 11.6 Å². The summed E-state index contributed by atoms with van der Waals surface area (Å²) in [6.07, 6.45) is 4.28. The number of amides is 6. The molecule has 1 aliphatic heterocycles. The summed E-state index contributed by atoms with van der Waals surface area (Å²) in [6.45, 7) is 9.26. The Kier molecular flexibility index (Phi) is 23.8. The third kappa shape index (κ3) is 14.7. The van der Waals surface area contributed by atoms with Crippen LogP contribution in [0, 0.1) is 28.6 Å². The topological polar surface area (TPSA) is 318 Å². The lowest BCUT2D eigenvalue weighted by Gasteiger charge is -2.64. The van der Waals surface area contributed by atoms with Crippen molar-refractivity contribution < 1.29 is 86.6 Å². The number of carbonyl (C=O) groups is 10. The number of carboxylic acid groups (broad SMARTS) is 1. The van der Waals surface area contributed by atoms with E-state index in [-0.39, 0.29) is 131 Å². The number of carboxylic acids is 1. The molecule has 0 aromatic rings. The first-order valence-corrected chi connectivity index (χ1v) is 28.1. The van der Waals surface area contributed by atoms with Gasteiger partial charge in [0.15, 0.2) is 11.4 Å². The van der Waals surface area contributed by atoms with E-state index in [0.29, 0.717) is 19.3 Å². The number of ketones is 2. The van der Waals surface area contributed by atoms with Gasteiger partial charge in [-0.1, -0.05) is 39.3 Å². The van der Waals surface area contributed by atoms with Crippen LogP contribution in [0.4, 0.5) is 0 Å². The molecule has 5 rings (SSSR count). The molecule has 0 spiro atoms. The van der Waals surface area contributed by atoms with E-state index in [1.165, 1.54) is 13.0 Å². The molecule has 3 fully saturated rings. The zero-order valence-electron chi connectivity index (χ0n) is 44.6. The smallest absolute Gasteiger partial charge is 0.306 e. The average molecular weight is 1250 g/mol. The number of rotatable bonds is 32. The number of aliphatic hydroxyl groups is 1. The van der Waals surface area contributed by atoms with Gasteiger partial charge in [-0.25, -0.2) is 0 Å². The molecular weight excluding hydrogens is 1180 g/mol. The molecule has 26 heteroatoms. The minimum Gasteiger partial charge on any atom is -0.481 e. The number of aliphatic carboxylic acids is 1. The van der Waals surface area contributed by atoms with Crippen molar-refractivity contribution in [1.82, 2.24) is 26.2 Å². The number of allylic oxidation sites excluding steroid dienone is 4. The highest BCUT2D eigenvalue weighted by molar-refractivity contribution is 9.14. The highest BCUT2D eigenvalue weighted by Gasteiger charge is 2.76. The molecule has 1 heterocycles. The van der Waals surface area contributed by atoms with Crippen molar-refractivity contribution >= 4 is 102 Å². The van der Waals surface area contributed by atoms with E-state index < -0.39 is 112 Å². The number of nitrogens with zero attached hydrogens (tertiary/aromatic N) is 1. The summed E-state index contributed by atoms with van der Waals surface area (Å²) < 4.78 is 33.9. The molecule has 0 saturated heterocycles. The highest BCUT2D eigenvalue weighted by Crippen LogP contribution is 2.72. The number of fused-ring (bicyclic) bond motifs is 5. The van der Waals surface area contributed by atoms with Crippen molar-refractivity contribution in [1.29, 1.82) is 0 Å². The molecule has 23 nitrogen and oxygen atoms in total. The number of imide groups is 1. The maximum absolute atomic E-state index is 14.6. The Morgan fingerprint density at radius 3 is 2.05 bits per heavy atom. The van der Waals surface area contributed by atoms with Crippen LogP contribution in [0.3, 0.4) is 0 Å². The van der Waals surface area contributed by atoms with E-state index in [0.717, 1.165) is 10.5 Å². The maximum atomic E-state index is 14.6. The molecular formula is C52H72Br2ClN5O18. The number of alkyl halides is 1. The van der Waals surface area contributed by atoms with Crippen LogP contribution in [0.25, 0.3) is 0 Å². The quantitative estimate of drug-likeness (QED) is 0.0185. The molecule has 0 aromatic carbocycles. The molecule has 6 N–H and O–H groups in total. The highest BCUT2D eigenvalue weighted by atomic mass is 79.9. The number of hydrogen-bond donors (Lipinski definition) is 6. The fraction of sp³-hybridized carbons (Fsp3) is 0.692. The van der Waals surface area contributed by atoms with E-state index in [9.17, 15) is 58.2 Å². The number of aliphatic hydroxyl groups excluding tert-OH is 1. The Balaban J connectivity index is 0.970. The number of Topliss-reactive ketones (excluding diaryl/α,β-unsaturated/α-hetero) is 1. The number of esters is 1. The van der Waals surface area contributed by atoms with Crippen molar-refractivity contribution in [3.63, 3.8) is 0 Å². The van der Waals surface area contributed by atoms with E-state index >= 15 is 0 Å². The number of halogens is 3. The Bertz CT molecular complexity index is 2370. The SMILES string of the molecule is CCC(=O)O[C@]1(C(=O)COCNC(=O)[C@H](C)NC(=O)[C@H](CCC(=O)O)NC(=O)CCOCCOCCOCCOCCNC(=O)CCN2C(=O)C(Br)=C(Br)C2=O)[C@@H](C)CC2[C@@H]3CCC4=CC(=O)C=C[C@]4(C)[C@@]3(Cl)[C@@H](O)C[C@@]21C. The first kappa shape index (κ1) is 64.4. The van der Waals surface area contributed by atoms with Crippen molar-refractivity contribution in [3.05, 3.63) is 32.8 Å². The first-order chi connectivity index (χ1) is 36.9. The van der Waals surface area contributed by atoms with E-state index in [4.69, 9.17) is 40.0 Å². The fourth-order valence-electron chi connectivity index (χ4n) is 11.6. The molecule has 78 heavy (non-hydrogen) atoms. The first-order valence-electron chi connectivity index (χ1n) is 26.1. The van der Waals surface area contributed by atoms with Gasteiger partial charge in [0.1, 0.15) is 34.4 Å². The van der Waals surface area contributed by atoms with Crippen molar-refractivity contribution in [3.8, 4) is 0 Å². The summed E-state index contributed by atoms with van der Waals surface area (Å²) in [7, 11) is 0. The number of hydrogen-bond acceptors (Lipinski definition) is 17. The summed E-state index contributed by atoms with van der Waals surface area (Å²) in [4.78, 5) is 127. The summed E-state index contributed by atoms with van der Waals surface area (Å²) in [6, 6.07) is -2.51. The average Bonchev–Trinajstić information content (AvgIpc) is 3.96. The minimum absolute atomic E-state index is 0.0180. The van der Waals surface area contributed by atoms with Gasteiger partial charge >= 0.3 is 11.9 Å². The standard InChI is InChI=1S/C52H72Br2ClN5O18/c1-6-42(68)78-52(30(2)25-35-34-8-7-32-26-33(61)11-14-49(32,4)51(34,55)37(62)27-50(35,52)5)38(63)28-77-29-57-45(69)31(3)58-46(70)36(9-10-41(66)67)59-40(65)13-17-73-19-21-75-23-24-76-22-20-74-18-15-56-39(64)12-16-60-47(71)43(53)44(54)48(60)72/h11,14,26,30-31,34-37,62H,6-10,12-13,15-25,27-29H2,1-5H3,(H,56,64)(H,57,69)(H,58,70)(H,59,65)(H,66,67)/t30-,31-,34-,35?,36-,37-,49-,50-,51-,52-/m0/s1. The Morgan fingerprint density at radius 2 is 1.44 bits per heavy atom. The van der Waals surface area contributed by atoms with Crippen LogP contribution in [0.5, 0.6) is 0 Å². The Morgan fingerprint density at radius 1 is 0.821 bits per heavy atom. The molecule has 6 amide bonds. The van der Waals surface area contributed by atoms with Crippen molar-refractivity contribution in [2.24, 2.45) is 28.6 Å². The monoisotopic (exact) mass is 1250 g/mol. The molecule has 0 aromatic heterocycles. The number of nitrogens with one attached hydrogen (secondary N) is 4. The normalized spacial score (nSPS) is 28.0. The van der Waals surface area contributed by atoms with Crippen molar-refractivity contribution in [2.75, 3.05) is 79.3 Å². The zero-order valence-corrected chi connectivity index (χ0v) is 48.5. The predicted molar refractivity (Wildman–Crippen MR) is 284 cm³/mol. The zero-order chi connectivity index (χ0) is 57.6. The summed E-state index contributed by atoms with van der Waals surface area (Å²) in [5.74, 6) is -7.13. The molecule has 10 atom stereocenters. The van der Waals surface area contributed by atoms with Gasteiger partial charge in [-0.2, -0.15) is 0 Å². The lowest BCUT2D eigenvalue weighted by atomic mass is 9.45. The van der Waals surface area contributed by atoms with Crippen molar-refractivity contribution in [2.45, 2.75) is 121 Å². The van der Waals surface area contributed by atoms with Gasteiger partial charge in [-0.3, -0.25) is 52.8 Å². The molecule has 3 saturated carbocycles. The molecule has 0 radical (unpaired) electrons. The van der Waals surface area contributed by atoms with Crippen LogP contribution < -0.4 is 21.3 Å². The number of carbonyl (C=O) groups excluding carboxylic acids is 9. The van der Waals surface area contributed by atoms with Gasteiger partial charge < -0.3 is 59.9 Å². The summed E-state index contributed by atoms with van der Waals surface area (Å²) in [5.41, 5.74) is -2.78. The van der Waals surface area contributed by atoms with Crippen LogP contribution in [-0.2, 0) is 76.4 Å². The van der Waals surface area contributed by atoms with Gasteiger partial charge in [0.25, 0.3) is 11.8 Å². The molecule has 434 valence electrons. The molecule has 0 bridgehead atoms. The molecule has 1 unspecified atom stereocenters. The van der Waals surface area contributed by atoms with Gasteiger partial charge in [0, 0.05) is 55.5 Å². The van der Waals surface area contributed by atoms with E-state index in [1.54, 1.807) is 19.1 Å². The van der Waals surface area contributed by atoms with E-state index in [2.05, 4.69) is 53.1 Å². The second-order valence-corrected chi connectivity index (χ2v) is 22.6. The van der Waals surface area contributed by atoms with Gasteiger partial charge in [0.2, 0.25) is 29.4 Å². The predicted octanol–water partition coefficient (Wildman–Crippen LogP) is 2.41. The third-order valence-electron chi connectivity index (χ3n) is 15.6. The summed E-state index contributed by atoms with van der Waals surface area (Å²) in [5, 5.41) is 31.5. The fourth-order valence-corrected chi connectivity index (χ4v) is 12.9. The van der Waals surface area contributed by atoms with E-state index in [1.807, 2.05) is 20.8 Å². The van der Waals surface area contributed by atoms with Crippen LogP contribution in [0.2, 0.25) is 0 Å².